The summed E-state index contributed by atoms with van der Waals surface area (Å²) < 4.78 is 20.6. The number of halogens is 1. The van der Waals surface area contributed by atoms with Crippen LogP contribution in [0, 0.1) is 23.6 Å². The van der Waals surface area contributed by atoms with Crippen LogP contribution in [0.25, 0.3) is 0 Å². The third kappa shape index (κ3) is 4.88. The molecule has 1 aliphatic heterocycles. The van der Waals surface area contributed by atoms with Crippen LogP contribution in [-0.4, -0.2) is 48.8 Å². The number of nitrogens with one attached hydrogen (secondary N) is 3. The molecule has 6 rings (SSSR count). The molecular weight excluding hydrogens is 435 g/mol. The number of benzene rings is 1. The van der Waals surface area contributed by atoms with Crippen molar-refractivity contribution in [3.05, 3.63) is 24.0 Å². The number of amides is 3. The summed E-state index contributed by atoms with van der Waals surface area (Å²) in [6.45, 7) is 6.90. The van der Waals surface area contributed by atoms with Crippen LogP contribution in [0.4, 0.5) is 20.6 Å². The van der Waals surface area contributed by atoms with Crippen LogP contribution in [0.15, 0.2) is 18.2 Å². The quantitative estimate of drug-likeness (QED) is 0.603. The minimum atomic E-state index is -0.684. The van der Waals surface area contributed by atoms with Gasteiger partial charge in [0.1, 0.15) is 11.9 Å². The SMILES string of the molecule is CC1CN(c2ccc(NC(C)C(=O)NC(=O)NC34CC5CC(CC(C5)C3)C4)cc2F)CC(C)O1. The Labute approximate surface area is 201 Å². The van der Waals surface area contributed by atoms with Gasteiger partial charge in [0.2, 0.25) is 5.91 Å². The van der Waals surface area contributed by atoms with E-state index in [0.29, 0.717) is 42.2 Å². The smallest absolute Gasteiger partial charge is 0.321 e. The van der Waals surface area contributed by atoms with Crippen LogP contribution in [0.5, 0.6) is 0 Å². The zero-order valence-electron chi connectivity index (χ0n) is 20.4. The Hall–Kier alpha value is -2.35. The number of hydrogen-bond acceptors (Lipinski definition) is 5. The zero-order valence-corrected chi connectivity index (χ0v) is 20.4. The molecule has 1 aromatic carbocycles. The molecule has 7 nitrogen and oxygen atoms in total. The maximum absolute atomic E-state index is 14.9. The van der Waals surface area contributed by atoms with Crippen LogP contribution in [0.2, 0.25) is 0 Å². The summed E-state index contributed by atoms with van der Waals surface area (Å²) in [7, 11) is 0. The van der Waals surface area contributed by atoms with Gasteiger partial charge in [-0.1, -0.05) is 0 Å². The Morgan fingerprint density at radius 3 is 2.21 bits per heavy atom. The number of carbonyl (C=O) groups excluding carboxylic acids is 2. The van der Waals surface area contributed by atoms with Crippen molar-refractivity contribution in [3.8, 4) is 0 Å². The topological polar surface area (TPSA) is 82.7 Å². The molecule has 1 aromatic rings. The van der Waals surface area contributed by atoms with Crippen LogP contribution in [0.3, 0.4) is 0 Å². The molecular formula is C26H37FN4O3. The van der Waals surface area contributed by atoms with Gasteiger partial charge in [-0.3, -0.25) is 10.1 Å². The van der Waals surface area contributed by atoms with Gasteiger partial charge in [0.05, 0.1) is 17.9 Å². The molecule has 3 unspecified atom stereocenters. The molecule has 3 amide bonds. The van der Waals surface area contributed by atoms with E-state index in [1.165, 1.54) is 25.3 Å². The Bertz CT molecular complexity index is 909. The maximum Gasteiger partial charge on any atom is 0.321 e. The van der Waals surface area contributed by atoms with E-state index in [-0.39, 0.29) is 23.6 Å². The predicted octanol–water partition coefficient (Wildman–Crippen LogP) is 4.03. The number of carbonyl (C=O) groups is 2. The fraction of sp³-hybridized carbons (Fsp3) is 0.692. The summed E-state index contributed by atoms with van der Waals surface area (Å²) in [6, 6.07) is 3.79. The Balaban J connectivity index is 1.15. The number of morpholine rings is 1. The summed E-state index contributed by atoms with van der Waals surface area (Å²) in [5.41, 5.74) is 0.878. The molecule has 8 heteroatoms. The maximum atomic E-state index is 14.9. The third-order valence-corrected chi connectivity index (χ3v) is 8.14. The molecule has 1 heterocycles. The Morgan fingerprint density at radius 1 is 1.06 bits per heavy atom. The lowest BCUT2D eigenvalue weighted by atomic mass is 9.53. The highest BCUT2D eigenvalue weighted by Gasteiger charge is 2.51. The van der Waals surface area contributed by atoms with E-state index in [9.17, 15) is 14.0 Å². The van der Waals surface area contributed by atoms with E-state index < -0.39 is 18.0 Å². The number of nitrogens with zero attached hydrogens (tertiary/aromatic N) is 1. The van der Waals surface area contributed by atoms with Gasteiger partial charge in [0.15, 0.2) is 0 Å². The Morgan fingerprint density at radius 2 is 1.65 bits per heavy atom. The van der Waals surface area contributed by atoms with E-state index in [4.69, 9.17) is 4.74 Å². The first-order valence-corrected chi connectivity index (χ1v) is 12.8. The highest BCUT2D eigenvalue weighted by molar-refractivity contribution is 5.98. The summed E-state index contributed by atoms with van der Waals surface area (Å²) in [4.78, 5) is 27.3. The number of imide groups is 1. The van der Waals surface area contributed by atoms with E-state index in [0.717, 1.165) is 19.3 Å². The highest BCUT2D eigenvalue weighted by atomic mass is 19.1. The Kier molecular flexibility index (Phi) is 6.21. The molecule has 34 heavy (non-hydrogen) atoms. The van der Waals surface area contributed by atoms with Gasteiger partial charge >= 0.3 is 6.03 Å². The minimum absolute atomic E-state index is 0.0363. The van der Waals surface area contributed by atoms with E-state index in [2.05, 4.69) is 16.0 Å². The number of rotatable bonds is 5. The fourth-order valence-corrected chi connectivity index (χ4v) is 7.30. The average molecular weight is 473 g/mol. The summed E-state index contributed by atoms with van der Waals surface area (Å²) in [5.74, 6) is 1.36. The number of hydrogen-bond donors (Lipinski definition) is 3. The van der Waals surface area contributed by atoms with Crippen molar-refractivity contribution < 1.29 is 18.7 Å². The number of anilines is 2. The molecule has 3 atom stereocenters. The van der Waals surface area contributed by atoms with Gasteiger partial charge in [-0.05, 0) is 95.2 Å². The number of urea groups is 1. The standard InChI is InChI=1S/C26H37FN4O3/c1-15-13-31(14-16(2)34-15)23-5-4-21(9-22(23)27)28-17(3)24(32)29-25(33)30-26-10-18-6-19(11-26)8-20(7-18)12-26/h4-5,9,15-20,28H,6-8,10-14H2,1-3H3,(H2,29,30,32,33). The van der Waals surface area contributed by atoms with Crippen LogP contribution >= 0.6 is 0 Å². The van der Waals surface area contributed by atoms with Gasteiger partial charge in [-0.2, -0.15) is 0 Å². The first-order chi connectivity index (χ1) is 16.2. The van der Waals surface area contributed by atoms with Crippen LogP contribution < -0.4 is 20.9 Å². The highest BCUT2D eigenvalue weighted by Crippen LogP contribution is 2.55. The van der Waals surface area contributed by atoms with Crippen LogP contribution in [0.1, 0.15) is 59.3 Å². The van der Waals surface area contributed by atoms with Crippen molar-refractivity contribution >= 4 is 23.3 Å². The molecule has 0 aromatic heterocycles. The molecule has 3 N–H and O–H groups in total. The molecule has 4 aliphatic carbocycles. The van der Waals surface area contributed by atoms with Crippen molar-refractivity contribution in [2.75, 3.05) is 23.3 Å². The summed E-state index contributed by atoms with van der Waals surface area (Å²) in [6.07, 6.45) is 7.04. The summed E-state index contributed by atoms with van der Waals surface area (Å²) >= 11 is 0. The molecule has 5 fully saturated rings. The fourth-order valence-electron chi connectivity index (χ4n) is 7.30. The van der Waals surface area contributed by atoms with E-state index in [1.807, 2.05) is 18.7 Å². The van der Waals surface area contributed by atoms with Crippen molar-refractivity contribution in [2.24, 2.45) is 17.8 Å². The lowest BCUT2D eigenvalue weighted by Gasteiger charge is -2.56. The average Bonchev–Trinajstić information content (AvgIpc) is 2.71. The zero-order chi connectivity index (χ0) is 24.0. The monoisotopic (exact) mass is 472 g/mol. The second-order valence-corrected chi connectivity index (χ2v) is 11.3. The lowest BCUT2D eigenvalue weighted by Crippen LogP contribution is -2.62. The second-order valence-electron chi connectivity index (χ2n) is 11.3. The van der Waals surface area contributed by atoms with E-state index >= 15 is 0 Å². The molecule has 4 bridgehead atoms. The van der Waals surface area contributed by atoms with Gasteiger partial charge in [0, 0.05) is 24.3 Å². The largest absolute Gasteiger partial charge is 0.374 e. The predicted molar refractivity (Wildman–Crippen MR) is 129 cm³/mol. The van der Waals surface area contributed by atoms with Crippen molar-refractivity contribution in [1.29, 1.82) is 0 Å². The molecule has 1 saturated heterocycles. The van der Waals surface area contributed by atoms with Gasteiger partial charge in [0.25, 0.3) is 0 Å². The van der Waals surface area contributed by atoms with Gasteiger partial charge in [-0.15, -0.1) is 0 Å². The van der Waals surface area contributed by atoms with Crippen molar-refractivity contribution in [3.63, 3.8) is 0 Å². The van der Waals surface area contributed by atoms with Crippen molar-refractivity contribution in [1.82, 2.24) is 10.6 Å². The molecule has 0 radical (unpaired) electrons. The van der Waals surface area contributed by atoms with Gasteiger partial charge in [-0.25, -0.2) is 9.18 Å². The first kappa shape index (κ1) is 23.4. The second kappa shape index (κ2) is 9.02. The van der Waals surface area contributed by atoms with Crippen LogP contribution in [-0.2, 0) is 9.53 Å². The molecule has 0 spiro atoms. The first-order valence-electron chi connectivity index (χ1n) is 12.8. The minimum Gasteiger partial charge on any atom is -0.374 e. The van der Waals surface area contributed by atoms with E-state index in [1.54, 1.807) is 19.1 Å². The normalized spacial score (nSPS) is 35.1. The number of ether oxygens (including phenoxy) is 1. The van der Waals surface area contributed by atoms with Crippen molar-refractivity contribution in [2.45, 2.75) is 83.1 Å². The molecule has 186 valence electrons. The third-order valence-electron chi connectivity index (χ3n) is 8.14. The lowest BCUT2D eigenvalue weighted by molar-refractivity contribution is -0.120. The summed E-state index contributed by atoms with van der Waals surface area (Å²) in [5, 5.41) is 8.67. The van der Waals surface area contributed by atoms with Gasteiger partial charge < -0.3 is 20.3 Å². The molecule has 4 saturated carbocycles. The molecule has 5 aliphatic rings.